The first kappa shape index (κ1) is 10.2. The van der Waals surface area contributed by atoms with Gasteiger partial charge >= 0.3 is 0 Å². The highest BCUT2D eigenvalue weighted by Crippen LogP contribution is 2.45. The second-order valence-corrected chi connectivity index (χ2v) is 4.45. The van der Waals surface area contributed by atoms with Gasteiger partial charge in [-0.3, -0.25) is 0 Å². The monoisotopic (exact) mass is 223 g/mol. The zero-order chi connectivity index (χ0) is 11.7. The zero-order valence-corrected chi connectivity index (χ0v) is 9.41. The Morgan fingerprint density at radius 2 is 1.53 bits per heavy atom. The summed E-state index contributed by atoms with van der Waals surface area (Å²) in [6.07, 6.45) is 0.798. The van der Waals surface area contributed by atoms with Gasteiger partial charge in [-0.15, -0.1) is 0 Å². The second-order valence-electron chi connectivity index (χ2n) is 4.45. The van der Waals surface area contributed by atoms with E-state index in [1.54, 1.807) is 0 Å². The van der Waals surface area contributed by atoms with Gasteiger partial charge in [0.2, 0.25) is 0 Å². The van der Waals surface area contributed by atoms with Gasteiger partial charge in [-0.2, -0.15) is 4.91 Å². The summed E-state index contributed by atoms with van der Waals surface area (Å²) >= 11 is 0. The second kappa shape index (κ2) is 4.13. The SMILES string of the molecule is O=NC1CC(c2ccccc2)c2ccccc21. The average molecular weight is 223 g/mol. The molecular formula is C15H13NO. The van der Waals surface area contributed by atoms with Gasteiger partial charge in [0.05, 0.1) is 0 Å². The molecular weight excluding hydrogens is 210 g/mol. The zero-order valence-electron chi connectivity index (χ0n) is 9.41. The predicted molar refractivity (Wildman–Crippen MR) is 67.9 cm³/mol. The Bertz CT molecular complexity index is 536. The standard InChI is InChI=1S/C15H13NO/c17-16-15-10-14(11-6-2-1-3-7-11)12-8-4-5-9-13(12)15/h1-9,14-15H,10H2. The maximum atomic E-state index is 10.9. The number of hydrogen-bond donors (Lipinski definition) is 0. The van der Waals surface area contributed by atoms with Gasteiger partial charge in [0.1, 0.15) is 6.04 Å². The van der Waals surface area contributed by atoms with Crippen LogP contribution in [-0.2, 0) is 0 Å². The molecule has 2 unspecified atom stereocenters. The third kappa shape index (κ3) is 1.66. The molecule has 2 heteroatoms. The summed E-state index contributed by atoms with van der Waals surface area (Å²) in [7, 11) is 0. The van der Waals surface area contributed by atoms with Crippen LogP contribution < -0.4 is 0 Å². The summed E-state index contributed by atoms with van der Waals surface area (Å²) in [6, 6.07) is 18.3. The van der Waals surface area contributed by atoms with E-state index < -0.39 is 0 Å². The molecule has 2 nitrogen and oxygen atoms in total. The fourth-order valence-corrected chi connectivity index (χ4v) is 2.71. The molecule has 2 aromatic rings. The minimum absolute atomic E-state index is 0.184. The first-order valence-corrected chi connectivity index (χ1v) is 5.86. The third-order valence-electron chi connectivity index (χ3n) is 3.52. The Kier molecular flexibility index (Phi) is 2.48. The van der Waals surface area contributed by atoms with Crippen molar-refractivity contribution in [2.45, 2.75) is 18.4 Å². The van der Waals surface area contributed by atoms with Crippen LogP contribution >= 0.6 is 0 Å². The Labute approximate surface area is 100 Å². The topological polar surface area (TPSA) is 29.4 Å². The van der Waals surface area contributed by atoms with E-state index >= 15 is 0 Å². The molecule has 0 fully saturated rings. The number of benzene rings is 2. The van der Waals surface area contributed by atoms with E-state index in [9.17, 15) is 4.91 Å². The highest BCUT2D eigenvalue weighted by molar-refractivity contribution is 5.44. The Balaban J connectivity index is 2.08. The highest BCUT2D eigenvalue weighted by atomic mass is 16.3. The van der Waals surface area contributed by atoms with Gasteiger partial charge in [0.15, 0.2) is 0 Å². The van der Waals surface area contributed by atoms with Crippen LogP contribution in [-0.4, -0.2) is 0 Å². The molecule has 0 spiro atoms. The van der Waals surface area contributed by atoms with Crippen LogP contribution in [0, 0.1) is 4.91 Å². The lowest BCUT2D eigenvalue weighted by Gasteiger charge is -2.11. The summed E-state index contributed by atoms with van der Waals surface area (Å²) in [4.78, 5) is 10.9. The maximum absolute atomic E-state index is 10.9. The molecule has 0 heterocycles. The van der Waals surface area contributed by atoms with E-state index in [0.29, 0.717) is 5.92 Å². The van der Waals surface area contributed by atoms with Crippen molar-refractivity contribution in [3.05, 3.63) is 76.2 Å². The lowest BCUT2D eigenvalue weighted by Crippen LogP contribution is -1.95. The minimum atomic E-state index is -0.184. The van der Waals surface area contributed by atoms with Crippen molar-refractivity contribution in [1.29, 1.82) is 0 Å². The first-order valence-electron chi connectivity index (χ1n) is 5.86. The van der Waals surface area contributed by atoms with Crippen molar-refractivity contribution in [3.8, 4) is 0 Å². The smallest absolute Gasteiger partial charge is 0.118 e. The van der Waals surface area contributed by atoms with E-state index in [1.165, 1.54) is 11.1 Å². The van der Waals surface area contributed by atoms with Crippen LogP contribution in [0.25, 0.3) is 0 Å². The summed E-state index contributed by atoms with van der Waals surface area (Å²) in [6.45, 7) is 0. The summed E-state index contributed by atoms with van der Waals surface area (Å²) in [5, 5.41) is 3.25. The molecule has 0 amide bonds. The molecule has 0 N–H and O–H groups in total. The van der Waals surface area contributed by atoms with E-state index in [1.807, 2.05) is 36.4 Å². The normalized spacial score (nSPS) is 22.1. The van der Waals surface area contributed by atoms with Crippen molar-refractivity contribution in [2.75, 3.05) is 0 Å². The van der Waals surface area contributed by atoms with Crippen LogP contribution in [0.3, 0.4) is 0 Å². The van der Waals surface area contributed by atoms with Crippen LogP contribution in [0.1, 0.15) is 35.1 Å². The van der Waals surface area contributed by atoms with Crippen LogP contribution in [0.15, 0.2) is 59.8 Å². The fourth-order valence-electron chi connectivity index (χ4n) is 2.71. The van der Waals surface area contributed by atoms with Crippen molar-refractivity contribution in [3.63, 3.8) is 0 Å². The molecule has 3 rings (SSSR count). The maximum Gasteiger partial charge on any atom is 0.118 e. The first-order chi connectivity index (χ1) is 8.40. The van der Waals surface area contributed by atoms with E-state index in [2.05, 4.69) is 23.4 Å². The van der Waals surface area contributed by atoms with Crippen molar-refractivity contribution in [2.24, 2.45) is 5.18 Å². The number of nitrogens with zero attached hydrogens (tertiary/aromatic N) is 1. The van der Waals surface area contributed by atoms with Crippen LogP contribution in [0.2, 0.25) is 0 Å². The van der Waals surface area contributed by atoms with Crippen molar-refractivity contribution >= 4 is 0 Å². The lowest BCUT2D eigenvalue weighted by atomic mass is 9.93. The Morgan fingerprint density at radius 1 is 0.882 bits per heavy atom. The summed E-state index contributed by atoms with van der Waals surface area (Å²) in [5.74, 6) is 0.315. The molecule has 84 valence electrons. The molecule has 1 aliphatic carbocycles. The Morgan fingerprint density at radius 3 is 2.24 bits per heavy atom. The van der Waals surface area contributed by atoms with Gasteiger partial charge in [0, 0.05) is 5.92 Å². The quantitative estimate of drug-likeness (QED) is 0.707. The number of fused-ring (bicyclic) bond motifs is 1. The predicted octanol–water partition coefficient (Wildman–Crippen LogP) is 4.03. The molecule has 17 heavy (non-hydrogen) atoms. The molecule has 0 aliphatic heterocycles. The largest absolute Gasteiger partial charge is 0.150 e. The fraction of sp³-hybridized carbons (Fsp3) is 0.200. The number of rotatable bonds is 2. The molecule has 0 saturated carbocycles. The molecule has 0 saturated heterocycles. The van der Waals surface area contributed by atoms with Gasteiger partial charge in [-0.05, 0) is 23.1 Å². The summed E-state index contributed by atoms with van der Waals surface area (Å²) in [5.41, 5.74) is 3.62. The minimum Gasteiger partial charge on any atom is -0.150 e. The molecule has 2 aromatic carbocycles. The average Bonchev–Trinajstić information content (AvgIpc) is 2.78. The lowest BCUT2D eigenvalue weighted by molar-refractivity contribution is 0.659. The van der Waals surface area contributed by atoms with Gasteiger partial charge in [0.25, 0.3) is 0 Å². The Hall–Kier alpha value is -1.96. The summed E-state index contributed by atoms with van der Waals surface area (Å²) < 4.78 is 0. The number of hydrogen-bond acceptors (Lipinski definition) is 2. The van der Waals surface area contributed by atoms with Crippen LogP contribution in [0.4, 0.5) is 0 Å². The molecule has 2 atom stereocenters. The van der Waals surface area contributed by atoms with E-state index in [-0.39, 0.29) is 6.04 Å². The molecule has 0 aromatic heterocycles. The van der Waals surface area contributed by atoms with E-state index in [0.717, 1.165) is 12.0 Å². The molecule has 0 bridgehead atoms. The van der Waals surface area contributed by atoms with Gasteiger partial charge < -0.3 is 0 Å². The van der Waals surface area contributed by atoms with E-state index in [4.69, 9.17) is 0 Å². The van der Waals surface area contributed by atoms with Crippen molar-refractivity contribution < 1.29 is 0 Å². The van der Waals surface area contributed by atoms with Crippen molar-refractivity contribution in [1.82, 2.24) is 0 Å². The highest BCUT2D eigenvalue weighted by Gasteiger charge is 2.32. The third-order valence-corrected chi connectivity index (χ3v) is 3.52. The van der Waals surface area contributed by atoms with Crippen LogP contribution in [0.5, 0.6) is 0 Å². The molecule has 0 radical (unpaired) electrons. The van der Waals surface area contributed by atoms with Gasteiger partial charge in [-0.25, -0.2) is 0 Å². The number of nitroso groups, excluding NO2 is 1. The molecule has 1 aliphatic rings. The van der Waals surface area contributed by atoms with Gasteiger partial charge in [-0.1, -0.05) is 59.8 Å².